The maximum Gasteiger partial charge on any atom is 0.227 e. The van der Waals surface area contributed by atoms with Crippen molar-refractivity contribution >= 4 is 5.91 Å². The number of hydrogen-bond acceptors (Lipinski definition) is 4. The van der Waals surface area contributed by atoms with Crippen LogP contribution in [-0.4, -0.2) is 22.6 Å². The maximum atomic E-state index is 11.5. The number of carbonyl (C=O) groups excluding carboxylic acids is 1. The van der Waals surface area contributed by atoms with Gasteiger partial charge in [-0.1, -0.05) is 35.5 Å². The van der Waals surface area contributed by atoms with Gasteiger partial charge in [-0.05, 0) is 12.5 Å². The molecule has 5 nitrogen and oxygen atoms in total. The van der Waals surface area contributed by atoms with Crippen LogP contribution in [0.15, 0.2) is 41.4 Å². The van der Waals surface area contributed by atoms with Crippen molar-refractivity contribution < 1.29 is 9.32 Å². The molecule has 5 heteroatoms. The number of hydrogen-bond donors (Lipinski definition) is 1. The van der Waals surface area contributed by atoms with E-state index in [1.165, 1.54) is 0 Å². The SMILES string of the molecule is C=CCNC(=O)CCc1nc(-c2ccccc2C)no1. The van der Waals surface area contributed by atoms with Crippen molar-refractivity contribution in [1.82, 2.24) is 15.5 Å². The summed E-state index contributed by atoms with van der Waals surface area (Å²) < 4.78 is 5.17. The van der Waals surface area contributed by atoms with Crippen LogP contribution < -0.4 is 5.32 Å². The summed E-state index contributed by atoms with van der Waals surface area (Å²) in [5.41, 5.74) is 2.03. The molecule has 0 bridgehead atoms. The molecule has 2 rings (SSSR count). The standard InChI is InChI=1S/C15H17N3O2/c1-3-10-16-13(19)8-9-14-17-15(18-20-14)12-7-5-4-6-11(12)2/h3-7H,1,8-10H2,2H3,(H,16,19). The first kappa shape index (κ1) is 14.0. The highest BCUT2D eigenvalue weighted by atomic mass is 16.5. The highest BCUT2D eigenvalue weighted by Crippen LogP contribution is 2.19. The largest absolute Gasteiger partial charge is 0.353 e. The van der Waals surface area contributed by atoms with E-state index in [0.29, 0.717) is 31.1 Å². The van der Waals surface area contributed by atoms with Crippen molar-refractivity contribution in [2.24, 2.45) is 0 Å². The molecule has 0 spiro atoms. The van der Waals surface area contributed by atoms with Gasteiger partial charge in [-0.25, -0.2) is 0 Å². The van der Waals surface area contributed by atoms with E-state index >= 15 is 0 Å². The van der Waals surface area contributed by atoms with Crippen LogP contribution in [-0.2, 0) is 11.2 Å². The van der Waals surface area contributed by atoms with E-state index in [-0.39, 0.29) is 5.91 Å². The third kappa shape index (κ3) is 3.54. The molecule has 0 saturated heterocycles. The number of aromatic nitrogens is 2. The Labute approximate surface area is 117 Å². The summed E-state index contributed by atoms with van der Waals surface area (Å²) in [7, 11) is 0. The zero-order valence-corrected chi connectivity index (χ0v) is 11.4. The second-order valence-corrected chi connectivity index (χ2v) is 4.42. The Balaban J connectivity index is 1.98. The molecule has 0 saturated carbocycles. The van der Waals surface area contributed by atoms with Gasteiger partial charge in [0.05, 0.1) is 0 Å². The Bertz CT molecular complexity index is 605. The molecule has 0 fully saturated rings. The van der Waals surface area contributed by atoms with Gasteiger partial charge in [-0.2, -0.15) is 4.98 Å². The molecule has 0 aliphatic heterocycles. The summed E-state index contributed by atoms with van der Waals surface area (Å²) in [5.74, 6) is 0.974. The van der Waals surface area contributed by atoms with E-state index in [1.54, 1.807) is 6.08 Å². The molecule has 1 heterocycles. The highest BCUT2D eigenvalue weighted by molar-refractivity contribution is 5.76. The van der Waals surface area contributed by atoms with Crippen LogP contribution in [0.5, 0.6) is 0 Å². The first-order chi connectivity index (χ1) is 9.70. The van der Waals surface area contributed by atoms with Crippen molar-refractivity contribution in [3.05, 3.63) is 48.4 Å². The Morgan fingerprint density at radius 1 is 1.45 bits per heavy atom. The molecule has 0 aliphatic rings. The van der Waals surface area contributed by atoms with Crippen LogP contribution >= 0.6 is 0 Å². The Kier molecular flexibility index (Phi) is 4.65. The van der Waals surface area contributed by atoms with Crippen molar-refractivity contribution in [2.75, 3.05) is 6.54 Å². The first-order valence-electron chi connectivity index (χ1n) is 6.47. The van der Waals surface area contributed by atoms with Crippen molar-refractivity contribution in [3.63, 3.8) is 0 Å². The molecule has 0 radical (unpaired) electrons. The smallest absolute Gasteiger partial charge is 0.227 e. The van der Waals surface area contributed by atoms with E-state index in [4.69, 9.17) is 4.52 Å². The highest BCUT2D eigenvalue weighted by Gasteiger charge is 2.11. The van der Waals surface area contributed by atoms with Crippen LogP contribution in [0.3, 0.4) is 0 Å². The first-order valence-corrected chi connectivity index (χ1v) is 6.47. The van der Waals surface area contributed by atoms with Crippen molar-refractivity contribution in [2.45, 2.75) is 19.8 Å². The van der Waals surface area contributed by atoms with Gasteiger partial charge in [0, 0.05) is 24.9 Å². The molecule has 0 atom stereocenters. The predicted octanol–water partition coefficient (Wildman–Crippen LogP) is 2.28. The van der Waals surface area contributed by atoms with Crippen molar-refractivity contribution in [1.29, 1.82) is 0 Å². The monoisotopic (exact) mass is 271 g/mol. The number of nitrogens with zero attached hydrogens (tertiary/aromatic N) is 2. The number of amides is 1. The quantitative estimate of drug-likeness (QED) is 0.818. The fraction of sp³-hybridized carbons (Fsp3) is 0.267. The third-order valence-corrected chi connectivity index (χ3v) is 2.86. The average Bonchev–Trinajstić information content (AvgIpc) is 2.92. The van der Waals surface area contributed by atoms with E-state index in [9.17, 15) is 4.79 Å². The number of carbonyl (C=O) groups is 1. The lowest BCUT2D eigenvalue weighted by molar-refractivity contribution is -0.120. The summed E-state index contributed by atoms with van der Waals surface area (Å²) in [6.45, 7) is 6.00. The van der Waals surface area contributed by atoms with Crippen LogP contribution in [0.4, 0.5) is 0 Å². The van der Waals surface area contributed by atoms with Gasteiger partial charge in [0.25, 0.3) is 0 Å². The molecule has 1 aromatic heterocycles. The molecule has 1 aromatic carbocycles. The topological polar surface area (TPSA) is 68.0 Å². The molecule has 0 unspecified atom stereocenters. The summed E-state index contributed by atoms with van der Waals surface area (Å²) >= 11 is 0. The Morgan fingerprint density at radius 2 is 2.25 bits per heavy atom. The zero-order valence-electron chi connectivity index (χ0n) is 11.4. The van der Waals surface area contributed by atoms with Gasteiger partial charge in [0.2, 0.25) is 17.6 Å². The summed E-state index contributed by atoms with van der Waals surface area (Å²) in [6, 6.07) is 7.83. The molecule has 1 N–H and O–H groups in total. The normalized spacial score (nSPS) is 10.2. The second kappa shape index (κ2) is 6.65. The number of benzene rings is 1. The third-order valence-electron chi connectivity index (χ3n) is 2.86. The van der Waals surface area contributed by atoms with Gasteiger partial charge in [0.15, 0.2) is 0 Å². The summed E-state index contributed by atoms with van der Waals surface area (Å²) in [6.07, 6.45) is 2.39. The van der Waals surface area contributed by atoms with Gasteiger partial charge in [-0.3, -0.25) is 4.79 Å². The number of aryl methyl sites for hydroxylation is 2. The fourth-order valence-corrected chi connectivity index (χ4v) is 1.78. The van der Waals surface area contributed by atoms with Gasteiger partial charge >= 0.3 is 0 Å². The van der Waals surface area contributed by atoms with Gasteiger partial charge < -0.3 is 9.84 Å². The second-order valence-electron chi connectivity index (χ2n) is 4.42. The maximum absolute atomic E-state index is 11.5. The van der Waals surface area contributed by atoms with Crippen LogP contribution in [0.25, 0.3) is 11.4 Å². The minimum Gasteiger partial charge on any atom is -0.353 e. The molecular weight excluding hydrogens is 254 g/mol. The molecule has 1 amide bonds. The fourth-order valence-electron chi connectivity index (χ4n) is 1.78. The Hall–Kier alpha value is -2.43. The van der Waals surface area contributed by atoms with Crippen LogP contribution in [0.1, 0.15) is 17.9 Å². The van der Waals surface area contributed by atoms with Crippen LogP contribution in [0, 0.1) is 6.92 Å². The molecular formula is C15H17N3O2. The predicted molar refractivity (Wildman–Crippen MR) is 76.0 cm³/mol. The lowest BCUT2D eigenvalue weighted by atomic mass is 10.1. The lowest BCUT2D eigenvalue weighted by Crippen LogP contribution is -2.23. The van der Waals surface area contributed by atoms with E-state index in [2.05, 4.69) is 22.0 Å². The Morgan fingerprint density at radius 3 is 3.00 bits per heavy atom. The minimum atomic E-state index is -0.0551. The van der Waals surface area contributed by atoms with E-state index in [1.807, 2.05) is 31.2 Å². The summed E-state index contributed by atoms with van der Waals surface area (Å²) in [4.78, 5) is 15.8. The number of rotatable bonds is 6. The molecule has 20 heavy (non-hydrogen) atoms. The van der Waals surface area contributed by atoms with Crippen LogP contribution in [0.2, 0.25) is 0 Å². The van der Waals surface area contributed by atoms with E-state index in [0.717, 1.165) is 11.1 Å². The zero-order chi connectivity index (χ0) is 14.4. The average molecular weight is 271 g/mol. The molecule has 104 valence electrons. The van der Waals surface area contributed by atoms with Gasteiger partial charge in [-0.15, -0.1) is 6.58 Å². The minimum absolute atomic E-state index is 0.0551. The summed E-state index contributed by atoms with van der Waals surface area (Å²) in [5, 5.41) is 6.66. The number of nitrogens with one attached hydrogen (secondary N) is 1. The molecule has 2 aromatic rings. The molecule has 0 aliphatic carbocycles. The lowest BCUT2D eigenvalue weighted by Gasteiger charge is -1.99. The van der Waals surface area contributed by atoms with Gasteiger partial charge in [0.1, 0.15) is 0 Å². The van der Waals surface area contributed by atoms with Crippen molar-refractivity contribution in [3.8, 4) is 11.4 Å². The van der Waals surface area contributed by atoms with E-state index < -0.39 is 0 Å².